The fourth-order valence-electron chi connectivity index (χ4n) is 7.83. The van der Waals surface area contributed by atoms with Crippen molar-refractivity contribution in [1.82, 2.24) is 0 Å². The molecular formula is C56H51N. The first-order chi connectivity index (χ1) is 28.0. The minimum Gasteiger partial charge on any atom is -0.315 e. The molecule has 7 rings (SSSR count). The maximum absolute atomic E-state index is 3.96. The van der Waals surface area contributed by atoms with Crippen LogP contribution < -0.4 is 4.90 Å². The summed E-state index contributed by atoms with van der Waals surface area (Å²) in [4.78, 5) is 2.44. The predicted molar refractivity (Wildman–Crippen MR) is 248 cm³/mol. The Morgan fingerprint density at radius 2 is 1.32 bits per heavy atom. The molecule has 0 saturated heterocycles. The number of rotatable bonds is 12. The zero-order valence-electron chi connectivity index (χ0n) is 33.5. The van der Waals surface area contributed by atoms with Crippen LogP contribution in [0.15, 0.2) is 235 Å². The molecule has 2 unspecified atom stereocenters. The molecule has 2 atom stereocenters. The monoisotopic (exact) mass is 737 g/mol. The van der Waals surface area contributed by atoms with Crippen molar-refractivity contribution in [2.24, 2.45) is 0 Å². The van der Waals surface area contributed by atoms with Crippen molar-refractivity contribution in [2.45, 2.75) is 39.5 Å². The molecule has 0 fully saturated rings. The maximum atomic E-state index is 3.96. The van der Waals surface area contributed by atoms with Gasteiger partial charge in [0.05, 0.1) is 0 Å². The molecule has 0 saturated carbocycles. The van der Waals surface area contributed by atoms with Crippen LogP contribution in [0.3, 0.4) is 0 Å². The first-order valence-electron chi connectivity index (χ1n) is 19.9. The topological polar surface area (TPSA) is 3.24 Å². The second kappa shape index (κ2) is 18.3. The van der Waals surface area contributed by atoms with Crippen molar-refractivity contribution in [3.8, 4) is 22.3 Å². The molecule has 1 aliphatic rings. The maximum Gasteiger partial charge on any atom is 0.0464 e. The number of fused-ring (bicyclic) bond motifs is 1. The van der Waals surface area contributed by atoms with E-state index in [2.05, 4.69) is 239 Å². The summed E-state index contributed by atoms with van der Waals surface area (Å²) in [6.45, 7) is 12.6. The quantitative estimate of drug-likeness (QED) is 0.113. The van der Waals surface area contributed by atoms with E-state index in [1.165, 1.54) is 60.9 Å². The van der Waals surface area contributed by atoms with Gasteiger partial charge in [0.25, 0.3) is 0 Å². The summed E-state index contributed by atoms with van der Waals surface area (Å²) in [5, 5.41) is 2.47. The van der Waals surface area contributed by atoms with E-state index in [1.54, 1.807) is 0 Å². The molecule has 0 bridgehead atoms. The lowest BCUT2D eigenvalue weighted by Crippen LogP contribution is -2.23. The summed E-state index contributed by atoms with van der Waals surface area (Å²) < 4.78 is 0. The zero-order chi connectivity index (χ0) is 39.6. The van der Waals surface area contributed by atoms with E-state index in [-0.39, 0.29) is 11.8 Å². The van der Waals surface area contributed by atoms with Crippen molar-refractivity contribution in [3.63, 3.8) is 0 Å². The number of benzene rings is 6. The van der Waals surface area contributed by atoms with E-state index in [4.69, 9.17) is 0 Å². The number of anilines is 1. The summed E-state index contributed by atoms with van der Waals surface area (Å²) in [6, 6.07) is 52.8. The van der Waals surface area contributed by atoms with Crippen molar-refractivity contribution in [2.75, 3.05) is 4.90 Å². The molecule has 57 heavy (non-hydrogen) atoms. The van der Waals surface area contributed by atoms with E-state index in [0.717, 1.165) is 17.1 Å². The Balaban J connectivity index is 1.46. The molecule has 0 spiro atoms. The summed E-state index contributed by atoms with van der Waals surface area (Å²) >= 11 is 0. The van der Waals surface area contributed by atoms with Gasteiger partial charge >= 0.3 is 0 Å². The number of hydrogen-bond acceptors (Lipinski definition) is 1. The van der Waals surface area contributed by atoms with Crippen LogP contribution in [0, 0.1) is 0 Å². The molecule has 0 amide bonds. The second-order valence-corrected chi connectivity index (χ2v) is 14.6. The highest BCUT2D eigenvalue weighted by Gasteiger charge is 2.28. The van der Waals surface area contributed by atoms with Gasteiger partial charge in [0.2, 0.25) is 0 Å². The van der Waals surface area contributed by atoms with E-state index in [0.29, 0.717) is 0 Å². The van der Waals surface area contributed by atoms with Crippen LogP contribution in [0.5, 0.6) is 0 Å². The Kier molecular flexibility index (Phi) is 12.4. The predicted octanol–water partition coefficient (Wildman–Crippen LogP) is 15.6. The van der Waals surface area contributed by atoms with Gasteiger partial charge in [0.1, 0.15) is 0 Å². The van der Waals surface area contributed by atoms with E-state index >= 15 is 0 Å². The van der Waals surface area contributed by atoms with Gasteiger partial charge < -0.3 is 4.90 Å². The number of nitrogens with zero attached hydrogens (tertiary/aromatic N) is 1. The summed E-state index contributed by atoms with van der Waals surface area (Å²) in [5.41, 5.74) is 14.4. The average Bonchev–Trinajstić information content (AvgIpc) is 3.27. The van der Waals surface area contributed by atoms with Crippen LogP contribution in [0.25, 0.3) is 39.1 Å². The van der Waals surface area contributed by atoms with Gasteiger partial charge in [-0.1, -0.05) is 195 Å². The summed E-state index contributed by atoms with van der Waals surface area (Å²) in [5.74, 6) is 0.241. The number of allylic oxidation sites excluding steroid dienone is 13. The lowest BCUT2D eigenvalue weighted by atomic mass is 9.76. The Bertz CT molecular complexity index is 2570. The van der Waals surface area contributed by atoms with Gasteiger partial charge in [-0.2, -0.15) is 0 Å². The minimum atomic E-state index is 0.0813. The fourth-order valence-corrected chi connectivity index (χ4v) is 7.83. The van der Waals surface area contributed by atoms with Crippen LogP contribution >= 0.6 is 0 Å². The van der Waals surface area contributed by atoms with Gasteiger partial charge in [-0.05, 0) is 113 Å². The molecule has 0 radical (unpaired) electrons. The average molecular weight is 738 g/mol. The zero-order valence-corrected chi connectivity index (χ0v) is 33.5. The molecule has 0 N–H and O–H groups in total. The Morgan fingerprint density at radius 3 is 2.11 bits per heavy atom. The van der Waals surface area contributed by atoms with Crippen LogP contribution in [-0.4, -0.2) is 0 Å². The number of hydrogen-bond donors (Lipinski definition) is 0. The highest BCUT2D eigenvalue weighted by molar-refractivity contribution is 6.01. The van der Waals surface area contributed by atoms with Crippen LogP contribution in [-0.2, 0) is 0 Å². The minimum absolute atomic E-state index is 0.0813. The van der Waals surface area contributed by atoms with E-state index < -0.39 is 0 Å². The first kappa shape index (κ1) is 38.6. The molecule has 0 heterocycles. The van der Waals surface area contributed by atoms with Crippen molar-refractivity contribution >= 4 is 22.5 Å². The van der Waals surface area contributed by atoms with Gasteiger partial charge in [-0.3, -0.25) is 0 Å². The highest BCUT2D eigenvalue weighted by atomic mass is 15.1. The molecule has 1 nitrogen and oxygen atoms in total. The molecule has 0 aliphatic heterocycles. The smallest absolute Gasteiger partial charge is 0.0464 e. The third kappa shape index (κ3) is 8.75. The van der Waals surface area contributed by atoms with Crippen molar-refractivity contribution < 1.29 is 0 Å². The molecule has 1 aliphatic carbocycles. The van der Waals surface area contributed by atoms with Gasteiger partial charge in [-0.25, -0.2) is 0 Å². The van der Waals surface area contributed by atoms with E-state index in [9.17, 15) is 0 Å². The van der Waals surface area contributed by atoms with Crippen molar-refractivity contribution in [3.05, 3.63) is 252 Å². The van der Waals surface area contributed by atoms with Gasteiger partial charge in [0, 0.05) is 28.9 Å². The molecule has 0 aromatic heterocycles. The first-order valence-corrected chi connectivity index (χ1v) is 19.9. The lowest BCUT2D eigenvalue weighted by molar-refractivity contribution is 0.718. The highest BCUT2D eigenvalue weighted by Crippen LogP contribution is 2.44. The molecule has 6 aromatic carbocycles. The second-order valence-electron chi connectivity index (χ2n) is 14.6. The fraction of sp³-hybridized carbons (Fsp3) is 0.107. The van der Waals surface area contributed by atoms with Gasteiger partial charge in [0.15, 0.2) is 0 Å². The Morgan fingerprint density at radius 1 is 0.614 bits per heavy atom. The van der Waals surface area contributed by atoms with E-state index in [1.807, 2.05) is 12.2 Å². The molecule has 280 valence electrons. The summed E-state index contributed by atoms with van der Waals surface area (Å²) in [7, 11) is 0. The molecular weight excluding hydrogens is 687 g/mol. The van der Waals surface area contributed by atoms with Crippen LogP contribution in [0.2, 0.25) is 0 Å². The molecule has 6 aromatic rings. The standard InChI is InChI=1S/C56H51N/c1-6-8-21-41(3)42(4)33-34-43(5)57(48-35-37-52(45-23-12-10-13-24-45)55(39-48)51-31-19-17-27-44(51)22-9-7-2)49-36-38-53(46-25-14-11-15-26-46)56(40-49)54-32-20-29-47-28-16-18-30-50(47)54/h6-40,52,55H,2H2,1,3-5H3/b8-6-,22-9-,41-21+,42-33+,43-34+. The Labute approximate surface area is 340 Å². The van der Waals surface area contributed by atoms with Gasteiger partial charge in [-0.15, -0.1) is 0 Å². The lowest BCUT2D eigenvalue weighted by Gasteiger charge is -2.34. The van der Waals surface area contributed by atoms with Crippen LogP contribution in [0.4, 0.5) is 5.69 Å². The third-order valence-corrected chi connectivity index (χ3v) is 10.9. The SMILES string of the molecule is C=C/C=C\c1ccccc1C1C=C(N(/C(C)=C/C=C(C)/C(C)=C/C=C\C)c2ccc(-c3ccccc3)c(-c3cccc4ccccc34)c2)C=CC1c1ccccc1. The molecule has 1 heteroatoms. The largest absolute Gasteiger partial charge is 0.315 e. The van der Waals surface area contributed by atoms with Crippen LogP contribution in [0.1, 0.15) is 56.2 Å². The summed E-state index contributed by atoms with van der Waals surface area (Å²) in [6.07, 6.45) is 24.1. The Hall–Kier alpha value is -6.70. The third-order valence-electron chi connectivity index (χ3n) is 10.9. The van der Waals surface area contributed by atoms with Crippen molar-refractivity contribution in [1.29, 1.82) is 0 Å². The normalized spacial score (nSPS) is 16.4.